The van der Waals surface area contributed by atoms with E-state index in [-0.39, 0.29) is 5.78 Å². The standard InChI is InChI=1S/C11H13IO2/c1-4-14-9-5-7(2)11(8(3)13)10(12)6-9/h5-6H,4H2,1-3H3. The number of halogens is 1. The SMILES string of the molecule is CCOc1cc(C)c(C(C)=O)c(I)c1. The summed E-state index contributed by atoms with van der Waals surface area (Å²) in [6.45, 7) is 6.11. The van der Waals surface area contributed by atoms with Gasteiger partial charge in [-0.2, -0.15) is 0 Å². The highest BCUT2D eigenvalue weighted by molar-refractivity contribution is 14.1. The number of Topliss-reactive ketones (excluding diaryl/α,β-unsaturated/α-hetero) is 1. The molecule has 0 spiro atoms. The molecule has 0 saturated carbocycles. The minimum absolute atomic E-state index is 0.106. The number of carbonyl (C=O) groups excluding carboxylic acids is 1. The molecule has 0 N–H and O–H groups in total. The van der Waals surface area contributed by atoms with Crippen LogP contribution >= 0.6 is 22.6 Å². The molecule has 0 atom stereocenters. The van der Waals surface area contributed by atoms with Gasteiger partial charge in [-0.1, -0.05) is 0 Å². The third kappa shape index (κ3) is 2.47. The molecule has 14 heavy (non-hydrogen) atoms. The van der Waals surface area contributed by atoms with E-state index < -0.39 is 0 Å². The molecule has 0 bridgehead atoms. The molecule has 0 aliphatic carbocycles. The van der Waals surface area contributed by atoms with Gasteiger partial charge in [0.05, 0.1) is 6.61 Å². The molecule has 1 aromatic rings. The lowest BCUT2D eigenvalue weighted by molar-refractivity contribution is 0.101. The van der Waals surface area contributed by atoms with Crippen molar-refractivity contribution < 1.29 is 9.53 Å². The normalized spacial score (nSPS) is 10.0. The summed E-state index contributed by atoms with van der Waals surface area (Å²) in [5.74, 6) is 0.939. The van der Waals surface area contributed by atoms with Gasteiger partial charge in [0.15, 0.2) is 5.78 Å². The summed E-state index contributed by atoms with van der Waals surface area (Å²) in [4.78, 5) is 11.3. The average molecular weight is 304 g/mol. The maximum absolute atomic E-state index is 11.3. The van der Waals surface area contributed by atoms with Crippen molar-refractivity contribution in [2.24, 2.45) is 0 Å². The Bertz CT molecular complexity index is 335. The quantitative estimate of drug-likeness (QED) is 0.633. The van der Waals surface area contributed by atoms with Crippen LogP contribution in [0.1, 0.15) is 29.8 Å². The summed E-state index contributed by atoms with van der Waals surface area (Å²) in [6.07, 6.45) is 0. The number of carbonyl (C=O) groups is 1. The van der Waals surface area contributed by atoms with Gasteiger partial charge in [-0.15, -0.1) is 0 Å². The highest BCUT2D eigenvalue weighted by Crippen LogP contribution is 2.24. The van der Waals surface area contributed by atoms with E-state index in [4.69, 9.17) is 4.74 Å². The molecule has 0 saturated heterocycles. The highest BCUT2D eigenvalue weighted by Gasteiger charge is 2.10. The van der Waals surface area contributed by atoms with Crippen LogP contribution in [0.4, 0.5) is 0 Å². The number of hydrogen-bond acceptors (Lipinski definition) is 2. The van der Waals surface area contributed by atoms with Gasteiger partial charge < -0.3 is 4.74 Å². The van der Waals surface area contributed by atoms with Crippen molar-refractivity contribution in [2.45, 2.75) is 20.8 Å². The number of rotatable bonds is 3. The van der Waals surface area contributed by atoms with Crippen LogP contribution in [0.15, 0.2) is 12.1 Å². The van der Waals surface area contributed by atoms with Crippen molar-refractivity contribution in [3.8, 4) is 5.75 Å². The van der Waals surface area contributed by atoms with E-state index in [1.54, 1.807) is 6.92 Å². The third-order valence-corrected chi connectivity index (χ3v) is 2.77. The molecule has 1 aromatic carbocycles. The van der Waals surface area contributed by atoms with E-state index in [2.05, 4.69) is 22.6 Å². The fourth-order valence-corrected chi connectivity index (χ4v) is 2.52. The molecule has 76 valence electrons. The molecule has 0 aliphatic rings. The summed E-state index contributed by atoms with van der Waals surface area (Å²) >= 11 is 2.17. The molecule has 2 nitrogen and oxygen atoms in total. The van der Waals surface area contributed by atoms with Gasteiger partial charge in [0.1, 0.15) is 5.75 Å². The highest BCUT2D eigenvalue weighted by atomic mass is 127. The molecule has 0 aromatic heterocycles. The Morgan fingerprint density at radius 2 is 2.14 bits per heavy atom. The lowest BCUT2D eigenvalue weighted by Gasteiger charge is -2.09. The zero-order chi connectivity index (χ0) is 10.7. The number of benzene rings is 1. The van der Waals surface area contributed by atoms with Gasteiger partial charge in [0, 0.05) is 9.13 Å². The monoisotopic (exact) mass is 304 g/mol. The first-order chi connectivity index (χ1) is 6.56. The van der Waals surface area contributed by atoms with Crippen molar-refractivity contribution in [3.63, 3.8) is 0 Å². The molecule has 3 heteroatoms. The van der Waals surface area contributed by atoms with Crippen LogP contribution in [0.3, 0.4) is 0 Å². The van der Waals surface area contributed by atoms with Crippen molar-refractivity contribution >= 4 is 28.4 Å². The van der Waals surface area contributed by atoms with E-state index in [0.29, 0.717) is 6.61 Å². The van der Waals surface area contributed by atoms with E-state index in [1.807, 2.05) is 26.0 Å². The maximum atomic E-state index is 11.3. The van der Waals surface area contributed by atoms with Crippen molar-refractivity contribution in [1.29, 1.82) is 0 Å². The van der Waals surface area contributed by atoms with Gasteiger partial charge in [0.2, 0.25) is 0 Å². The summed E-state index contributed by atoms with van der Waals surface area (Å²) in [6, 6.07) is 3.80. The molecule has 0 unspecified atom stereocenters. The summed E-state index contributed by atoms with van der Waals surface area (Å²) < 4.78 is 6.34. The summed E-state index contributed by atoms with van der Waals surface area (Å²) in [5, 5.41) is 0. The van der Waals surface area contributed by atoms with Crippen LogP contribution in [-0.2, 0) is 0 Å². The maximum Gasteiger partial charge on any atom is 0.161 e. The predicted molar refractivity (Wildman–Crippen MR) is 65.1 cm³/mol. The van der Waals surface area contributed by atoms with Gasteiger partial charge in [-0.25, -0.2) is 0 Å². The van der Waals surface area contributed by atoms with E-state index >= 15 is 0 Å². The lowest BCUT2D eigenvalue weighted by Crippen LogP contribution is -2.01. The van der Waals surface area contributed by atoms with Gasteiger partial charge in [-0.05, 0) is 61.1 Å². The lowest BCUT2D eigenvalue weighted by atomic mass is 10.1. The molecule has 0 amide bonds. The number of hydrogen-bond donors (Lipinski definition) is 0. The van der Waals surface area contributed by atoms with Crippen LogP contribution < -0.4 is 4.74 Å². The summed E-state index contributed by atoms with van der Waals surface area (Å²) in [7, 11) is 0. The molecule has 0 fully saturated rings. The smallest absolute Gasteiger partial charge is 0.161 e. The Morgan fingerprint density at radius 1 is 1.50 bits per heavy atom. The fraction of sp³-hybridized carbons (Fsp3) is 0.364. The molecule has 0 heterocycles. The van der Waals surface area contributed by atoms with E-state index in [0.717, 1.165) is 20.4 Å². The summed E-state index contributed by atoms with van der Waals surface area (Å²) in [5.41, 5.74) is 1.78. The van der Waals surface area contributed by atoms with Crippen LogP contribution in [0.25, 0.3) is 0 Å². The Morgan fingerprint density at radius 3 is 2.57 bits per heavy atom. The minimum atomic E-state index is 0.106. The molecule has 0 radical (unpaired) electrons. The first-order valence-corrected chi connectivity index (χ1v) is 5.58. The van der Waals surface area contributed by atoms with Crippen LogP contribution in [0.5, 0.6) is 5.75 Å². The van der Waals surface area contributed by atoms with Gasteiger partial charge in [-0.3, -0.25) is 4.79 Å². The van der Waals surface area contributed by atoms with Crippen LogP contribution in [-0.4, -0.2) is 12.4 Å². The van der Waals surface area contributed by atoms with Gasteiger partial charge in [0.25, 0.3) is 0 Å². The van der Waals surface area contributed by atoms with Crippen molar-refractivity contribution in [3.05, 3.63) is 26.8 Å². The third-order valence-electron chi connectivity index (χ3n) is 1.92. The second kappa shape index (κ2) is 4.77. The molecular weight excluding hydrogens is 291 g/mol. The topological polar surface area (TPSA) is 26.3 Å². The zero-order valence-corrected chi connectivity index (χ0v) is 10.7. The largest absolute Gasteiger partial charge is 0.494 e. The van der Waals surface area contributed by atoms with E-state index in [9.17, 15) is 4.79 Å². The fourth-order valence-electron chi connectivity index (χ4n) is 1.41. The minimum Gasteiger partial charge on any atom is -0.494 e. The van der Waals surface area contributed by atoms with Crippen molar-refractivity contribution in [2.75, 3.05) is 6.61 Å². The number of ketones is 1. The zero-order valence-electron chi connectivity index (χ0n) is 8.56. The first kappa shape index (κ1) is 11.5. The predicted octanol–water partition coefficient (Wildman–Crippen LogP) is 3.20. The van der Waals surface area contributed by atoms with Crippen LogP contribution in [0.2, 0.25) is 0 Å². The second-order valence-electron chi connectivity index (χ2n) is 3.09. The second-order valence-corrected chi connectivity index (χ2v) is 4.25. The molecular formula is C11H13IO2. The Balaban J connectivity index is 3.18. The van der Waals surface area contributed by atoms with Gasteiger partial charge >= 0.3 is 0 Å². The van der Waals surface area contributed by atoms with Crippen molar-refractivity contribution in [1.82, 2.24) is 0 Å². The Kier molecular flexibility index (Phi) is 3.92. The number of aryl methyl sites for hydroxylation is 1. The molecule has 0 aliphatic heterocycles. The van der Waals surface area contributed by atoms with E-state index in [1.165, 1.54) is 0 Å². The average Bonchev–Trinajstić information content (AvgIpc) is 2.01. The molecule has 1 rings (SSSR count). The van der Waals surface area contributed by atoms with Crippen LogP contribution in [0, 0.1) is 10.5 Å². The Hall–Kier alpha value is -0.580. The Labute approximate surface area is 97.8 Å². The first-order valence-electron chi connectivity index (χ1n) is 4.50. The number of ether oxygens (including phenoxy) is 1.